The lowest BCUT2D eigenvalue weighted by Gasteiger charge is -2.08. The van der Waals surface area contributed by atoms with Crippen molar-refractivity contribution in [1.82, 2.24) is 14.8 Å². The molecule has 0 aliphatic carbocycles. The highest BCUT2D eigenvalue weighted by Crippen LogP contribution is 2.24. The molecule has 0 saturated heterocycles. The lowest BCUT2D eigenvalue weighted by Crippen LogP contribution is -1.93. The molecule has 0 atom stereocenters. The van der Waals surface area contributed by atoms with Crippen LogP contribution in [-0.2, 0) is 7.05 Å². The fourth-order valence-electron chi connectivity index (χ4n) is 2.54. The molecule has 0 aliphatic rings. The Hall–Kier alpha value is -2.88. The summed E-state index contributed by atoms with van der Waals surface area (Å²) >= 11 is 0. The number of benzene rings is 2. The van der Waals surface area contributed by atoms with Crippen LogP contribution in [0.4, 0.5) is 11.4 Å². The van der Waals surface area contributed by atoms with E-state index in [9.17, 15) is 0 Å². The van der Waals surface area contributed by atoms with Gasteiger partial charge in [0.05, 0.1) is 17.2 Å². The standard InChI is InChI=1S/C17H14N4/c1-21-17-10-15(5-4-13(17)11-19-21)20-14-6-7-16-12(9-14)3-2-8-18-16/h2-11,20H,1H3. The van der Waals surface area contributed by atoms with E-state index in [-0.39, 0.29) is 0 Å². The predicted octanol–water partition coefficient (Wildman–Crippen LogP) is 3.87. The van der Waals surface area contributed by atoms with Gasteiger partial charge in [0.15, 0.2) is 0 Å². The maximum absolute atomic E-state index is 4.34. The molecule has 2 heterocycles. The number of rotatable bonds is 2. The van der Waals surface area contributed by atoms with E-state index in [1.165, 1.54) is 0 Å². The molecule has 2 aromatic carbocycles. The molecule has 102 valence electrons. The van der Waals surface area contributed by atoms with E-state index in [2.05, 4.69) is 45.7 Å². The molecular formula is C17H14N4. The van der Waals surface area contributed by atoms with E-state index in [0.29, 0.717) is 0 Å². The zero-order valence-corrected chi connectivity index (χ0v) is 11.6. The third-order valence-corrected chi connectivity index (χ3v) is 3.64. The van der Waals surface area contributed by atoms with Gasteiger partial charge in [-0.05, 0) is 42.5 Å². The van der Waals surface area contributed by atoms with Gasteiger partial charge in [-0.2, -0.15) is 5.10 Å². The summed E-state index contributed by atoms with van der Waals surface area (Å²) in [6.07, 6.45) is 3.69. The third-order valence-electron chi connectivity index (χ3n) is 3.64. The number of anilines is 2. The molecule has 2 aromatic heterocycles. The van der Waals surface area contributed by atoms with Crippen molar-refractivity contribution in [3.8, 4) is 0 Å². The summed E-state index contributed by atoms with van der Waals surface area (Å²) < 4.78 is 1.88. The molecule has 4 rings (SSSR count). The van der Waals surface area contributed by atoms with Gasteiger partial charge in [-0.15, -0.1) is 0 Å². The Morgan fingerprint density at radius 1 is 0.952 bits per heavy atom. The summed E-state index contributed by atoms with van der Waals surface area (Å²) in [7, 11) is 1.95. The summed E-state index contributed by atoms with van der Waals surface area (Å²) in [5.74, 6) is 0. The van der Waals surface area contributed by atoms with Crippen LogP contribution < -0.4 is 5.32 Å². The van der Waals surface area contributed by atoms with Crippen molar-refractivity contribution in [2.75, 3.05) is 5.32 Å². The second kappa shape index (κ2) is 4.59. The predicted molar refractivity (Wildman–Crippen MR) is 85.7 cm³/mol. The molecule has 21 heavy (non-hydrogen) atoms. The monoisotopic (exact) mass is 274 g/mol. The quantitative estimate of drug-likeness (QED) is 0.603. The average molecular weight is 274 g/mol. The molecule has 0 unspecified atom stereocenters. The van der Waals surface area contributed by atoms with Crippen molar-refractivity contribution in [3.63, 3.8) is 0 Å². The van der Waals surface area contributed by atoms with Crippen molar-refractivity contribution in [1.29, 1.82) is 0 Å². The first-order chi connectivity index (χ1) is 10.3. The Kier molecular flexibility index (Phi) is 2.60. The number of aromatic nitrogens is 3. The van der Waals surface area contributed by atoms with E-state index >= 15 is 0 Å². The van der Waals surface area contributed by atoms with Gasteiger partial charge >= 0.3 is 0 Å². The van der Waals surface area contributed by atoms with Gasteiger partial charge < -0.3 is 5.32 Å². The van der Waals surface area contributed by atoms with Crippen LogP contribution >= 0.6 is 0 Å². The molecule has 0 bridgehead atoms. The van der Waals surface area contributed by atoms with Gasteiger partial charge in [-0.1, -0.05) is 6.07 Å². The van der Waals surface area contributed by atoms with Gasteiger partial charge in [-0.25, -0.2) is 0 Å². The Morgan fingerprint density at radius 2 is 1.81 bits per heavy atom. The van der Waals surface area contributed by atoms with E-state index in [4.69, 9.17) is 0 Å². The summed E-state index contributed by atoms with van der Waals surface area (Å²) in [6, 6.07) is 16.4. The van der Waals surface area contributed by atoms with Gasteiger partial charge in [-0.3, -0.25) is 9.67 Å². The number of pyridine rings is 1. The zero-order valence-electron chi connectivity index (χ0n) is 11.6. The fourth-order valence-corrected chi connectivity index (χ4v) is 2.54. The summed E-state index contributed by atoms with van der Waals surface area (Å²) in [6.45, 7) is 0. The maximum atomic E-state index is 4.34. The normalized spacial score (nSPS) is 11.1. The van der Waals surface area contributed by atoms with E-state index in [1.807, 2.05) is 42.3 Å². The topological polar surface area (TPSA) is 42.7 Å². The van der Waals surface area contributed by atoms with E-state index in [0.717, 1.165) is 33.2 Å². The molecule has 4 nitrogen and oxygen atoms in total. The van der Waals surface area contributed by atoms with E-state index < -0.39 is 0 Å². The molecule has 0 aliphatic heterocycles. The largest absolute Gasteiger partial charge is 0.355 e. The van der Waals surface area contributed by atoms with Crippen LogP contribution in [0.25, 0.3) is 21.8 Å². The maximum Gasteiger partial charge on any atom is 0.0703 e. The number of hydrogen-bond donors (Lipinski definition) is 1. The Balaban J connectivity index is 1.73. The van der Waals surface area contributed by atoms with Crippen LogP contribution in [0.2, 0.25) is 0 Å². The van der Waals surface area contributed by atoms with Crippen LogP contribution in [0.1, 0.15) is 0 Å². The van der Waals surface area contributed by atoms with Crippen molar-refractivity contribution < 1.29 is 0 Å². The first kappa shape index (κ1) is 11.9. The lowest BCUT2D eigenvalue weighted by molar-refractivity contribution is 0.797. The minimum Gasteiger partial charge on any atom is -0.355 e. The molecular weight excluding hydrogens is 260 g/mol. The Morgan fingerprint density at radius 3 is 2.76 bits per heavy atom. The van der Waals surface area contributed by atoms with E-state index in [1.54, 1.807) is 0 Å². The molecule has 0 spiro atoms. The molecule has 1 N–H and O–H groups in total. The molecule has 0 fully saturated rings. The molecule has 0 amide bonds. The highest BCUT2D eigenvalue weighted by molar-refractivity contribution is 5.86. The van der Waals surface area contributed by atoms with Crippen molar-refractivity contribution in [2.45, 2.75) is 0 Å². The Labute approximate surface area is 122 Å². The van der Waals surface area contributed by atoms with Crippen LogP contribution in [0.5, 0.6) is 0 Å². The zero-order chi connectivity index (χ0) is 14.2. The first-order valence-electron chi connectivity index (χ1n) is 6.83. The summed E-state index contributed by atoms with van der Waals surface area (Å²) in [4.78, 5) is 4.34. The van der Waals surface area contributed by atoms with Gasteiger partial charge in [0, 0.05) is 35.4 Å². The second-order valence-electron chi connectivity index (χ2n) is 5.08. The van der Waals surface area contributed by atoms with Crippen molar-refractivity contribution in [2.24, 2.45) is 7.05 Å². The van der Waals surface area contributed by atoms with Gasteiger partial charge in [0.2, 0.25) is 0 Å². The highest BCUT2D eigenvalue weighted by atomic mass is 15.2. The molecule has 0 saturated carbocycles. The second-order valence-corrected chi connectivity index (χ2v) is 5.08. The third kappa shape index (κ3) is 2.10. The molecule has 4 aromatic rings. The van der Waals surface area contributed by atoms with Crippen molar-refractivity contribution >= 4 is 33.2 Å². The summed E-state index contributed by atoms with van der Waals surface area (Å²) in [5.41, 5.74) is 4.22. The van der Waals surface area contributed by atoms with Gasteiger partial charge in [0.25, 0.3) is 0 Å². The van der Waals surface area contributed by atoms with Gasteiger partial charge in [0.1, 0.15) is 0 Å². The lowest BCUT2D eigenvalue weighted by atomic mass is 10.2. The first-order valence-corrected chi connectivity index (χ1v) is 6.83. The molecule has 0 radical (unpaired) electrons. The highest BCUT2D eigenvalue weighted by Gasteiger charge is 2.02. The number of nitrogens with one attached hydrogen (secondary N) is 1. The molecule has 4 heteroatoms. The average Bonchev–Trinajstić information content (AvgIpc) is 2.88. The van der Waals surface area contributed by atoms with Crippen LogP contribution in [0, 0.1) is 0 Å². The summed E-state index contributed by atoms with van der Waals surface area (Å²) in [5, 5.41) is 9.97. The number of aryl methyl sites for hydroxylation is 1. The minimum atomic E-state index is 1.00. The number of nitrogens with zero attached hydrogens (tertiary/aromatic N) is 3. The SMILES string of the molecule is Cn1ncc2ccc(Nc3ccc4ncccc4c3)cc21. The number of fused-ring (bicyclic) bond motifs is 2. The van der Waals surface area contributed by atoms with Crippen LogP contribution in [-0.4, -0.2) is 14.8 Å². The van der Waals surface area contributed by atoms with Crippen LogP contribution in [0.15, 0.2) is 60.9 Å². The Bertz CT molecular complexity index is 940. The van der Waals surface area contributed by atoms with Crippen molar-refractivity contribution in [3.05, 3.63) is 60.9 Å². The minimum absolute atomic E-state index is 1.00. The fraction of sp³-hybridized carbons (Fsp3) is 0.0588. The van der Waals surface area contributed by atoms with Crippen LogP contribution in [0.3, 0.4) is 0 Å². The number of hydrogen-bond acceptors (Lipinski definition) is 3. The smallest absolute Gasteiger partial charge is 0.0703 e.